The molecule has 0 bridgehead atoms. The molecule has 4 N–H and O–H groups in total. The Morgan fingerprint density at radius 1 is 1.26 bits per heavy atom. The first kappa shape index (κ1) is 15.7. The van der Waals surface area contributed by atoms with Crippen molar-refractivity contribution in [1.82, 2.24) is 0 Å². The van der Waals surface area contributed by atoms with Gasteiger partial charge in [-0.1, -0.05) is 44.2 Å². The Morgan fingerprint density at radius 2 is 1.84 bits per heavy atom. The highest BCUT2D eigenvalue weighted by Crippen LogP contribution is 2.20. The summed E-state index contributed by atoms with van der Waals surface area (Å²) in [5.74, 6) is -0.0390. The summed E-state index contributed by atoms with van der Waals surface area (Å²) < 4.78 is 5.71. The van der Waals surface area contributed by atoms with Crippen LogP contribution in [0.25, 0.3) is 0 Å². The number of rotatable bonds is 7. The van der Waals surface area contributed by atoms with Crippen LogP contribution in [0.15, 0.2) is 30.3 Å². The van der Waals surface area contributed by atoms with Gasteiger partial charge < -0.3 is 16.2 Å². The third-order valence-electron chi connectivity index (χ3n) is 3.13. The lowest BCUT2D eigenvalue weighted by Crippen LogP contribution is -2.53. The van der Waals surface area contributed by atoms with E-state index in [0.717, 1.165) is 6.42 Å². The Balaban J connectivity index is 2.76. The topological polar surface area (TPSA) is 78.3 Å². The summed E-state index contributed by atoms with van der Waals surface area (Å²) >= 11 is 0. The van der Waals surface area contributed by atoms with Crippen molar-refractivity contribution < 1.29 is 9.53 Å². The van der Waals surface area contributed by atoms with E-state index in [0.29, 0.717) is 11.5 Å². The van der Waals surface area contributed by atoms with Crippen LogP contribution < -0.4 is 11.5 Å². The van der Waals surface area contributed by atoms with Crippen LogP contribution in [0.5, 0.6) is 0 Å². The Morgan fingerprint density at radius 3 is 2.32 bits per heavy atom. The lowest BCUT2D eigenvalue weighted by molar-refractivity contribution is -0.126. The van der Waals surface area contributed by atoms with Gasteiger partial charge in [-0.05, 0) is 24.8 Å². The fraction of sp³-hybridized carbons (Fsp3) is 0.533. The SMILES string of the molecule is CC(C)CC(C)OCC(N)(C(N)=O)c1ccccc1. The number of carbonyl (C=O) groups excluding carboxylic acids is 1. The fourth-order valence-electron chi connectivity index (χ4n) is 2.04. The summed E-state index contributed by atoms with van der Waals surface area (Å²) in [6.07, 6.45) is 0.967. The average molecular weight is 264 g/mol. The van der Waals surface area contributed by atoms with Gasteiger partial charge in [-0.2, -0.15) is 0 Å². The molecule has 0 heterocycles. The van der Waals surface area contributed by atoms with E-state index in [9.17, 15) is 4.79 Å². The molecule has 106 valence electrons. The van der Waals surface area contributed by atoms with Crippen LogP contribution in [-0.2, 0) is 15.1 Å². The molecule has 0 fully saturated rings. The number of carbonyl (C=O) groups is 1. The molecule has 2 unspecified atom stereocenters. The van der Waals surface area contributed by atoms with E-state index < -0.39 is 11.4 Å². The highest BCUT2D eigenvalue weighted by Gasteiger charge is 2.34. The number of benzene rings is 1. The van der Waals surface area contributed by atoms with Crippen molar-refractivity contribution >= 4 is 5.91 Å². The number of hydrogen-bond acceptors (Lipinski definition) is 3. The van der Waals surface area contributed by atoms with Crippen LogP contribution in [0.1, 0.15) is 32.8 Å². The van der Waals surface area contributed by atoms with Crippen molar-refractivity contribution in [1.29, 1.82) is 0 Å². The summed E-state index contributed by atoms with van der Waals surface area (Å²) in [6, 6.07) is 9.12. The molecule has 0 aliphatic rings. The molecule has 0 saturated heterocycles. The molecule has 4 nitrogen and oxygen atoms in total. The van der Waals surface area contributed by atoms with E-state index in [-0.39, 0.29) is 12.7 Å². The summed E-state index contributed by atoms with van der Waals surface area (Å²) in [4.78, 5) is 11.7. The third kappa shape index (κ3) is 4.33. The number of primary amides is 1. The highest BCUT2D eigenvalue weighted by molar-refractivity contribution is 5.86. The summed E-state index contributed by atoms with van der Waals surface area (Å²) in [5.41, 5.74) is 11.0. The fourth-order valence-corrected chi connectivity index (χ4v) is 2.04. The molecule has 19 heavy (non-hydrogen) atoms. The largest absolute Gasteiger partial charge is 0.376 e. The van der Waals surface area contributed by atoms with E-state index in [1.54, 1.807) is 12.1 Å². The second-order valence-electron chi connectivity index (χ2n) is 5.45. The Hall–Kier alpha value is -1.39. The molecule has 0 aliphatic carbocycles. The van der Waals surface area contributed by atoms with Gasteiger partial charge in [-0.3, -0.25) is 4.79 Å². The number of ether oxygens (including phenoxy) is 1. The molecule has 1 amide bonds. The van der Waals surface area contributed by atoms with E-state index in [1.165, 1.54) is 0 Å². The first-order valence-electron chi connectivity index (χ1n) is 6.62. The van der Waals surface area contributed by atoms with Crippen LogP contribution in [0.3, 0.4) is 0 Å². The van der Waals surface area contributed by atoms with Gasteiger partial charge in [0.05, 0.1) is 12.7 Å². The van der Waals surface area contributed by atoms with Gasteiger partial charge in [0.25, 0.3) is 0 Å². The summed E-state index contributed by atoms with van der Waals surface area (Å²) in [5, 5.41) is 0. The maximum Gasteiger partial charge on any atom is 0.244 e. The van der Waals surface area contributed by atoms with Crippen LogP contribution in [0.2, 0.25) is 0 Å². The molecule has 1 aromatic carbocycles. The monoisotopic (exact) mass is 264 g/mol. The molecule has 1 aromatic rings. The molecule has 1 rings (SSSR count). The maximum atomic E-state index is 11.7. The number of nitrogens with two attached hydrogens (primary N) is 2. The van der Waals surface area contributed by atoms with Gasteiger partial charge in [0.2, 0.25) is 5.91 Å². The Kier molecular flexibility index (Phi) is 5.51. The Labute approximate surface area is 115 Å². The van der Waals surface area contributed by atoms with Gasteiger partial charge in [-0.25, -0.2) is 0 Å². The van der Waals surface area contributed by atoms with Crippen molar-refractivity contribution in [3.8, 4) is 0 Å². The lowest BCUT2D eigenvalue weighted by atomic mass is 9.91. The predicted molar refractivity (Wildman–Crippen MR) is 76.4 cm³/mol. The van der Waals surface area contributed by atoms with Crippen molar-refractivity contribution in [2.24, 2.45) is 17.4 Å². The zero-order valence-corrected chi connectivity index (χ0v) is 11.9. The van der Waals surface area contributed by atoms with Gasteiger partial charge >= 0.3 is 0 Å². The standard InChI is InChI=1S/C15H24N2O2/c1-11(2)9-12(3)19-10-15(17,14(16)18)13-7-5-4-6-8-13/h4-8,11-12H,9-10,17H2,1-3H3,(H2,16,18). The summed E-state index contributed by atoms with van der Waals surface area (Å²) in [7, 11) is 0. The van der Waals surface area contributed by atoms with Gasteiger partial charge in [0, 0.05) is 0 Å². The highest BCUT2D eigenvalue weighted by atomic mass is 16.5. The van der Waals surface area contributed by atoms with Crippen LogP contribution in [0.4, 0.5) is 0 Å². The van der Waals surface area contributed by atoms with Crippen LogP contribution >= 0.6 is 0 Å². The zero-order chi connectivity index (χ0) is 14.5. The van der Waals surface area contributed by atoms with Crippen molar-refractivity contribution in [3.05, 3.63) is 35.9 Å². The van der Waals surface area contributed by atoms with E-state index in [2.05, 4.69) is 13.8 Å². The van der Waals surface area contributed by atoms with Crippen molar-refractivity contribution in [3.63, 3.8) is 0 Å². The van der Waals surface area contributed by atoms with E-state index in [4.69, 9.17) is 16.2 Å². The second-order valence-corrected chi connectivity index (χ2v) is 5.45. The molecule has 0 radical (unpaired) electrons. The molecule has 0 saturated carbocycles. The molecule has 0 aliphatic heterocycles. The lowest BCUT2D eigenvalue weighted by Gasteiger charge is -2.28. The van der Waals surface area contributed by atoms with Crippen molar-refractivity contribution in [2.45, 2.75) is 38.8 Å². The summed E-state index contributed by atoms with van der Waals surface area (Å²) in [6.45, 7) is 6.33. The van der Waals surface area contributed by atoms with Gasteiger partial charge in [-0.15, -0.1) is 0 Å². The minimum absolute atomic E-state index is 0.0472. The molecule has 4 heteroatoms. The molecular weight excluding hydrogens is 240 g/mol. The predicted octanol–water partition coefficient (Wildman–Crippen LogP) is 1.78. The zero-order valence-electron chi connectivity index (χ0n) is 11.9. The number of amides is 1. The average Bonchev–Trinajstić information content (AvgIpc) is 2.36. The smallest absolute Gasteiger partial charge is 0.244 e. The quantitative estimate of drug-likeness (QED) is 0.788. The van der Waals surface area contributed by atoms with Crippen LogP contribution in [0, 0.1) is 5.92 Å². The first-order valence-corrected chi connectivity index (χ1v) is 6.62. The molecule has 0 aromatic heterocycles. The van der Waals surface area contributed by atoms with Crippen LogP contribution in [-0.4, -0.2) is 18.6 Å². The minimum atomic E-state index is -1.27. The molecule has 2 atom stereocenters. The van der Waals surface area contributed by atoms with E-state index >= 15 is 0 Å². The van der Waals surface area contributed by atoms with Gasteiger partial charge in [0.1, 0.15) is 5.54 Å². The molecular formula is C15H24N2O2. The first-order chi connectivity index (χ1) is 8.86. The second kappa shape index (κ2) is 6.68. The third-order valence-corrected chi connectivity index (χ3v) is 3.13. The van der Waals surface area contributed by atoms with Crippen molar-refractivity contribution in [2.75, 3.05) is 6.61 Å². The van der Waals surface area contributed by atoms with Gasteiger partial charge in [0.15, 0.2) is 0 Å². The number of hydrogen-bond donors (Lipinski definition) is 2. The minimum Gasteiger partial charge on any atom is -0.376 e. The van der Waals surface area contributed by atoms with E-state index in [1.807, 2.05) is 25.1 Å². The normalized spacial score (nSPS) is 16.1. The maximum absolute atomic E-state index is 11.7. The molecule has 0 spiro atoms. The Bertz CT molecular complexity index is 406.